The van der Waals surface area contributed by atoms with Gasteiger partial charge in [-0.3, -0.25) is 4.98 Å². The Balaban J connectivity index is 2.24. The predicted octanol–water partition coefficient (Wildman–Crippen LogP) is 3.51. The summed E-state index contributed by atoms with van der Waals surface area (Å²) in [5.41, 5.74) is 0.149. The molecule has 106 valence electrons. The normalized spacial score (nSPS) is 31.2. The molecule has 0 bridgehead atoms. The van der Waals surface area contributed by atoms with Gasteiger partial charge in [-0.2, -0.15) is 0 Å². The summed E-state index contributed by atoms with van der Waals surface area (Å²) in [6, 6.07) is 1.96. The zero-order valence-corrected chi connectivity index (χ0v) is 12.2. The minimum atomic E-state index is -0.754. The molecule has 0 aliphatic heterocycles. The zero-order chi connectivity index (χ0) is 13.9. The second kappa shape index (κ2) is 5.91. The SMILES string of the molecule is CCCOc1cncc(C2(O)CCCC(C)C2C)c1. The summed E-state index contributed by atoms with van der Waals surface area (Å²) in [6.45, 7) is 7.13. The minimum Gasteiger partial charge on any atom is -0.492 e. The number of hydrogen-bond acceptors (Lipinski definition) is 3. The molecule has 3 unspecified atom stereocenters. The van der Waals surface area contributed by atoms with Crippen molar-refractivity contribution < 1.29 is 9.84 Å². The van der Waals surface area contributed by atoms with E-state index in [9.17, 15) is 5.11 Å². The van der Waals surface area contributed by atoms with E-state index in [1.807, 2.05) is 6.07 Å². The van der Waals surface area contributed by atoms with Crippen molar-refractivity contribution in [3.8, 4) is 5.75 Å². The molecule has 1 aromatic rings. The van der Waals surface area contributed by atoms with Crippen LogP contribution in [0.5, 0.6) is 5.75 Å². The van der Waals surface area contributed by atoms with E-state index >= 15 is 0 Å². The van der Waals surface area contributed by atoms with Crippen LogP contribution >= 0.6 is 0 Å². The van der Waals surface area contributed by atoms with E-state index in [0.29, 0.717) is 12.5 Å². The Morgan fingerprint density at radius 3 is 2.95 bits per heavy atom. The molecule has 19 heavy (non-hydrogen) atoms. The van der Waals surface area contributed by atoms with E-state index in [2.05, 4.69) is 25.8 Å². The van der Waals surface area contributed by atoms with E-state index in [1.165, 1.54) is 6.42 Å². The molecule has 1 N–H and O–H groups in total. The molecule has 0 aromatic carbocycles. The number of nitrogens with zero attached hydrogens (tertiary/aromatic N) is 1. The van der Waals surface area contributed by atoms with E-state index < -0.39 is 5.60 Å². The van der Waals surface area contributed by atoms with Gasteiger partial charge in [0.05, 0.1) is 18.4 Å². The van der Waals surface area contributed by atoms with Crippen LogP contribution in [-0.2, 0) is 5.60 Å². The largest absolute Gasteiger partial charge is 0.492 e. The number of aromatic nitrogens is 1. The molecular formula is C16H25NO2. The third kappa shape index (κ3) is 2.92. The van der Waals surface area contributed by atoms with Crippen molar-refractivity contribution in [2.45, 2.75) is 52.1 Å². The molecular weight excluding hydrogens is 238 g/mol. The second-order valence-electron chi connectivity index (χ2n) is 5.84. The lowest BCUT2D eigenvalue weighted by Gasteiger charge is -2.42. The Morgan fingerprint density at radius 2 is 2.21 bits per heavy atom. The first-order chi connectivity index (χ1) is 9.08. The lowest BCUT2D eigenvalue weighted by atomic mass is 9.68. The van der Waals surface area contributed by atoms with Crippen LogP contribution in [-0.4, -0.2) is 16.7 Å². The van der Waals surface area contributed by atoms with Gasteiger partial charge in [-0.1, -0.05) is 27.2 Å². The van der Waals surface area contributed by atoms with Crippen molar-refractivity contribution in [2.24, 2.45) is 11.8 Å². The molecule has 0 spiro atoms. The summed E-state index contributed by atoms with van der Waals surface area (Å²) >= 11 is 0. The molecule has 0 amide bonds. The Labute approximate surface area is 116 Å². The number of aliphatic hydroxyl groups is 1. The van der Waals surface area contributed by atoms with Gasteiger partial charge in [0.2, 0.25) is 0 Å². The summed E-state index contributed by atoms with van der Waals surface area (Å²) in [6.07, 6.45) is 7.57. The number of pyridine rings is 1. The molecule has 0 saturated heterocycles. The molecule has 1 aliphatic rings. The van der Waals surface area contributed by atoms with Gasteiger partial charge in [0.25, 0.3) is 0 Å². The van der Waals surface area contributed by atoms with Gasteiger partial charge < -0.3 is 9.84 Å². The summed E-state index contributed by atoms with van der Waals surface area (Å²) < 4.78 is 5.62. The topological polar surface area (TPSA) is 42.4 Å². The maximum atomic E-state index is 11.0. The fourth-order valence-electron chi connectivity index (χ4n) is 3.00. The Morgan fingerprint density at radius 1 is 1.42 bits per heavy atom. The third-order valence-electron chi connectivity index (χ3n) is 4.51. The number of ether oxygens (including phenoxy) is 1. The van der Waals surface area contributed by atoms with Crippen molar-refractivity contribution >= 4 is 0 Å². The van der Waals surface area contributed by atoms with Crippen LogP contribution in [0.1, 0.15) is 52.0 Å². The van der Waals surface area contributed by atoms with E-state index in [4.69, 9.17) is 4.74 Å². The summed E-state index contributed by atoms with van der Waals surface area (Å²) in [5.74, 6) is 1.56. The average molecular weight is 263 g/mol. The highest BCUT2D eigenvalue weighted by atomic mass is 16.5. The lowest BCUT2D eigenvalue weighted by Crippen LogP contribution is -2.40. The highest BCUT2D eigenvalue weighted by Gasteiger charge is 2.41. The van der Waals surface area contributed by atoms with Crippen LogP contribution in [0.15, 0.2) is 18.5 Å². The molecule has 1 fully saturated rings. The van der Waals surface area contributed by atoms with Gasteiger partial charge in [-0.15, -0.1) is 0 Å². The van der Waals surface area contributed by atoms with Gasteiger partial charge >= 0.3 is 0 Å². The first-order valence-electron chi connectivity index (χ1n) is 7.38. The number of rotatable bonds is 4. The molecule has 1 heterocycles. The van der Waals surface area contributed by atoms with Crippen LogP contribution in [0.2, 0.25) is 0 Å². The van der Waals surface area contributed by atoms with Gasteiger partial charge in [0.15, 0.2) is 0 Å². The Bertz CT molecular complexity index is 421. The van der Waals surface area contributed by atoms with Crippen LogP contribution in [0.25, 0.3) is 0 Å². The average Bonchev–Trinajstić information content (AvgIpc) is 2.43. The first kappa shape index (κ1) is 14.3. The Kier molecular flexibility index (Phi) is 4.46. The Hall–Kier alpha value is -1.09. The molecule has 3 nitrogen and oxygen atoms in total. The highest BCUT2D eigenvalue weighted by Crippen LogP contribution is 2.44. The fraction of sp³-hybridized carbons (Fsp3) is 0.688. The van der Waals surface area contributed by atoms with Crippen LogP contribution < -0.4 is 4.74 Å². The van der Waals surface area contributed by atoms with Gasteiger partial charge in [-0.05, 0) is 37.2 Å². The predicted molar refractivity (Wildman–Crippen MR) is 76.1 cm³/mol. The lowest BCUT2D eigenvalue weighted by molar-refractivity contribution is -0.0692. The van der Waals surface area contributed by atoms with E-state index in [1.54, 1.807) is 12.4 Å². The van der Waals surface area contributed by atoms with Crippen molar-refractivity contribution in [1.29, 1.82) is 0 Å². The van der Waals surface area contributed by atoms with Crippen molar-refractivity contribution in [3.05, 3.63) is 24.0 Å². The minimum absolute atomic E-state index is 0.254. The third-order valence-corrected chi connectivity index (χ3v) is 4.51. The molecule has 2 rings (SSSR count). The van der Waals surface area contributed by atoms with Crippen molar-refractivity contribution in [3.63, 3.8) is 0 Å². The van der Waals surface area contributed by atoms with Gasteiger partial charge in [0.1, 0.15) is 5.75 Å². The van der Waals surface area contributed by atoms with Crippen LogP contribution in [0.3, 0.4) is 0 Å². The summed E-state index contributed by atoms with van der Waals surface area (Å²) in [4.78, 5) is 4.23. The van der Waals surface area contributed by atoms with E-state index in [0.717, 1.165) is 30.6 Å². The van der Waals surface area contributed by atoms with Crippen LogP contribution in [0, 0.1) is 11.8 Å². The second-order valence-corrected chi connectivity index (χ2v) is 5.84. The molecule has 1 aromatic heterocycles. The fourth-order valence-corrected chi connectivity index (χ4v) is 3.00. The van der Waals surface area contributed by atoms with Crippen molar-refractivity contribution in [2.75, 3.05) is 6.61 Å². The molecule has 1 saturated carbocycles. The zero-order valence-electron chi connectivity index (χ0n) is 12.2. The number of hydrogen-bond donors (Lipinski definition) is 1. The quantitative estimate of drug-likeness (QED) is 0.904. The maximum absolute atomic E-state index is 11.0. The van der Waals surface area contributed by atoms with Gasteiger partial charge in [0, 0.05) is 11.8 Å². The summed E-state index contributed by atoms with van der Waals surface area (Å²) in [5, 5.41) is 11.0. The molecule has 0 radical (unpaired) electrons. The maximum Gasteiger partial charge on any atom is 0.137 e. The van der Waals surface area contributed by atoms with Gasteiger partial charge in [-0.25, -0.2) is 0 Å². The standard InChI is InChI=1S/C16H25NO2/c1-4-8-19-15-9-14(10-17-11-15)16(18)7-5-6-12(2)13(16)3/h9-13,18H,4-8H2,1-3H3. The van der Waals surface area contributed by atoms with Crippen molar-refractivity contribution in [1.82, 2.24) is 4.98 Å². The molecule has 1 aliphatic carbocycles. The van der Waals surface area contributed by atoms with E-state index in [-0.39, 0.29) is 5.92 Å². The molecule has 3 atom stereocenters. The highest BCUT2D eigenvalue weighted by molar-refractivity contribution is 5.29. The van der Waals surface area contributed by atoms with Crippen LogP contribution in [0.4, 0.5) is 0 Å². The smallest absolute Gasteiger partial charge is 0.137 e. The first-order valence-corrected chi connectivity index (χ1v) is 7.38. The molecule has 3 heteroatoms. The monoisotopic (exact) mass is 263 g/mol. The summed E-state index contributed by atoms with van der Waals surface area (Å²) in [7, 11) is 0.